The minimum atomic E-state index is -4.23. The number of anilines is 3. The number of nitrogens with one attached hydrogen (secondary N) is 1. The highest BCUT2D eigenvalue weighted by Gasteiger charge is 2.42. The summed E-state index contributed by atoms with van der Waals surface area (Å²) in [5, 5.41) is 21.1. The smallest absolute Gasteiger partial charge is 0.386 e. The number of piperidine rings is 1. The molecule has 22 heavy (non-hydrogen) atoms. The normalized spacial score (nSPS) is 19.2. The minimum absolute atomic E-state index is 0.0145. The SMILES string of the molecule is CNc1cc(N2CCCC(C(F)(F)F)C2)c(Cl)cc1N(O)O. The maximum absolute atomic E-state index is 12.9. The van der Waals surface area contributed by atoms with Gasteiger partial charge in [-0.1, -0.05) is 11.6 Å². The van der Waals surface area contributed by atoms with Gasteiger partial charge in [0.1, 0.15) is 5.69 Å². The molecule has 1 unspecified atom stereocenters. The first-order valence-electron chi connectivity index (χ1n) is 6.75. The second-order valence-electron chi connectivity index (χ2n) is 5.19. The van der Waals surface area contributed by atoms with Crippen LogP contribution in [0.2, 0.25) is 5.02 Å². The molecule has 9 heteroatoms. The van der Waals surface area contributed by atoms with Crippen molar-refractivity contribution >= 4 is 28.7 Å². The quantitative estimate of drug-likeness (QED) is 0.732. The lowest BCUT2D eigenvalue weighted by Crippen LogP contribution is -2.41. The fourth-order valence-electron chi connectivity index (χ4n) is 2.62. The number of rotatable bonds is 3. The van der Waals surface area contributed by atoms with E-state index in [9.17, 15) is 13.2 Å². The molecule has 2 rings (SSSR count). The van der Waals surface area contributed by atoms with Gasteiger partial charge in [0.25, 0.3) is 0 Å². The number of hydrogen-bond acceptors (Lipinski definition) is 5. The Bertz CT molecular complexity index is 540. The van der Waals surface area contributed by atoms with Gasteiger partial charge in [0.15, 0.2) is 0 Å². The lowest BCUT2D eigenvalue weighted by atomic mass is 9.97. The second-order valence-corrected chi connectivity index (χ2v) is 5.59. The van der Waals surface area contributed by atoms with E-state index in [1.165, 1.54) is 12.1 Å². The Hall–Kier alpha value is -1.38. The summed E-state index contributed by atoms with van der Waals surface area (Å²) in [6.45, 7) is 0.310. The summed E-state index contributed by atoms with van der Waals surface area (Å²) in [5.41, 5.74) is 0.796. The zero-order valence-electron chi connectivity index (χ0n) is 11.9. The van der Waals surface area contributed by atoms with Gasteiger partial charge in [0, 0.05) is 20.1 Å². The van der Waals surface area contributed by atoms with Gasteiger partial charge < -0.3 is 10.2 Å². The molecule has 0 radical (unpaired) electrons. The number of halogens is 4. The maximum atomic E-state index is 12.9. The Labute approximate surface area is 130 Å². The monoisotopic (exact) mass is 339 g/mol. The molecule has 0 amide bonds. The fourth-order valence-corrected chi connectivity index (χ4v) is 2.90. The third kappa shape index (κ3) is 3.50. The van der Waals surface area contributed by atoms with Crippen molar-refractivity contribution < 1.29 is 23.6 Å². The lowest BCUT2D eigenvalue weighted by molar-refractivity contribution is -0.175. The van der Waals surface area contributed by atoms with Crippen molar-refractivity contribution in [1.82, 2.24) is 0 Å². The van der Waals surface area contributed by atoms with E-state index in [0.29, 0.717) is 24.3 Å². The van der Waals surface area contributed by atoms with Crippen LogP contribution < -0.4 is 15.4 Å². The van der Waals surface area contributed by atoms with Crippen molar-refractivity contribution in [3.05, 3.63) is 17.2 Å². The molecular formula is C13H17ClF3N3O2. The molecule has 0 bridgehead atoms. The summed E-state index contributed by atoms with van der Waals surface area (Å²) in [6.07, 6.45) is -3.71. The molecule has 1 atom stereocenters. The van der Waals surface area contributed by atoms with Crippen LogP contribution in [0, 0.1) is 5.92 Å². The molecule has 0 saturated carbocycles. The first kappa shape index (κ1) is 17.0. The summed E-state index contributed by atoms with van der Waals surface area (Å²) in [6, 6.07) is 2.80. The third-order valence-corrected chi connectivity index (χ3v) is 4.08. The summed E-state index contributed by atoms with van der Waals surface area (Å²) in [7, 11) is 1.56. The van der Waals surface area contributed by atoms with Crippen LogP contribution in [0.15, 0.2) is 12.1 Å². The van der Waals surface area contributed by atoms with Crippen molar-refractivity contribution in [2.45, 2.75) is 19.0 Å². The van der Waals surface area contributed by atoms with Gasteiger partial charge in [-0.2, -0.15) is 13.2 Å². The zero-order valence-corrected chi connectivity index (χ0v) is 12.6. The molecule has 0 aromatic heterocycles. The number of nitrogens with zero attached hydrogens (tertiary/aromatic N) is 2. The molecule has 1 fully saturated rings. The molecule has 1 aliphatic rings. The predicted molar refractivity (Wildman–Crippen MR) is 78.0 cm³/mol. The van der Waals surface area contributed by atoms with E-state index in [1.807, 2.05) is 0 Å². The van der Waals surface area contributed by atoms with Crippen molar-refractivity contribution in [3.63, 3.8) is 0 Å². The van der Waals surface area contributed by atoms with Gasteiger partial charge in [-0.25, -0.2) is 0 Å². The number of hydrogen-bond donors (Lipinski definition) is 3. The van der Waals surface area contributed by atoms with E-state index in [0.717, 1.165) is 0 Å². The van der Waals surface area contributed by atoms with Crippen LogP contribution >= 0.6 is 11.6 Å². The Balaban J connectivity index is 2.32. The molecule has 1 heterocycles. The van der Waals surface area contributed by atoms with E-state index in [1.54, 1.807) is 11.9 Å². The average Bonchev–Trinajstić information content (AvgIpc) is 2.46. The summed E-state index contributed by atoms with van der Waals surface area (Å²) in [5.74, 6) is -1.39. The first-order chi connectivity index (χ1) is 10.2. The van der Waals surface area contributed by atoms with Gasteiger partial charge in [0.2, 0.25) is 0 Å². The number of benzene rings is 1. The third-order valence-electron chi connectivity index (χ3n) is 3.77. The van der Waals surface area contributed by atoms with E-state index < -0.39 is 12.1 Å². The van der Waals surface area contributed by atoms with Crippen molar-refractivity contribution in [1.29, 1.82) is 0 Å². The standard InChI is InChI=1S/C13H17ClF3N3O2/c1-18-10-6-11(9(14)5-12(10)20(21)22)19-4-2-3-8(7-19)13(15,16)17/h5-6,8,18,21-22H,2-4,7H2,1H3. The van der Waals surface area contributed by atoms with E-state index >= 15 is 0 Å². The molecule has 1 aromatic rings. The Morgan fingerprint density at radius 3 is 2.59 bits per heavy atom. The second kappa shape index (κ2) is 6.39. The van der Waals surface area contributed by atoms with E-state index in [2.05, 4.69) is 5.32 Å². The van der Waals surface area contributed by atoms with Crippen molar-refractivity contribution in [2.75, 3.05) is 35.6 Å². The minimum Gasteiger partial charge on any atom is -0.386 e. The fraction of sp³-hybridized carbons (Fsp3) is 0.538. The van der Waals surface area contributed by atoms with E-state index in [-0.39, 0.29) is 28.9 Å². The maximum Gasteiger partial charge on any atom is 0.393 e. The highest BCUT2D eigenvalue weighted by molar-refractivity contribution is 6.33. The Kier molecular flexibility index (Phi) is 4.93. The molecule has 124 valence electrons. The van der Waals surface area contributed by atoms with Gasteiger partial charge in [-0.15, -0.1) is 5.23 Å². The highest BCUT2D eigenvalue weighted by Crippen LogP contribution is 2.40. The van der Waals surface area contributed by atoms with Crippen LogP contribution in [0.1, 0.15) is 12.8 Å². The predicted octanol–water partition coefficient (Wildman–Crippen LogP) is 3.75. The van der Waals surface area contributed by atoms with Gasteiger partial charge in [0.05, 0.1) is 22.3 Å². The van der Waals surface area contributed by atoms with Crippen LogP contribution in [0.3, 0.4) is 0 Å². The molecule has 1 aliphatic heterocycles. The summed E-state index contributed by atoms with van der Waals surface area (Å²) < 4.78 is 38.7. The lowest BCUT2D eigenvalue weighted by Gasteiger charge is -2.36. The van der Waals surface area contributed by atoms with Gasteiger partial charge in [-0.05, 0) is 25.0 Å². The topological polar surface area (TPSA) is 59.0 Å². The van der Waals surface area contributed by atoms with Crippen LogP contribution in [0.25, 0.3) is 0 Å². The highest BCUT2D eigenvalue weighted by atomic mass is 35.5. The molecule has 0 aliphatic carbocycles. The first-order valence-corrected chi connectivity index (χ1v) is 7.12. The molecule has 1 saturated heterocycles. The molecular weight excluding hydrogens is 323 g/mol. The summed E-state index contributed by atoms with van der Waals surface area (Å²) in [4.78, 5) is 1.58. The van der Waals surface area contributed by atoms with Crippen LogP contribution in [0.4, 0.5) is 30.2 Å². The largest absolute Gasteiger partial charge is 0.393 e. The van der Waals surface area contributed by atoms with Crippen LogP contribution in [0.5, 0.6) is 0 Å². The Morgan fingerprint density at radius 2 is 2.05 bits per heavy atom. The van der Waals surface area contributed by atoms with Crippen molar-refractivity contribution in [2.24, 2.45) is 5.92 Å². The van der Waals surface area contributed by atoms with Gasteiger partial charge >= 0.3 is 6.18 Å². The molecule has 0 spiro atoms. The van der Waals surface area contributed by atoms with E-state index in [4.69, 9.17) is 22.0 Å². The number of alkyl halides is 3. The molecule has 1 aromatic carbocycles. The van der Waals surface area contributed by atoms with Crippen molar-refractivity contribution in [3.8, 4) is 0 Å². The van der Waals surface area contributed by atoms with Crippen LogP contribution in [-0.2, 0) is 0 Å². The summed E-state index contributed by atoms with van der Waals surface area (Å²) >= 11 is 6.10. The molecule has 5 nitrogen and oxygen atoms in total. The van der Waals surface area contributed by atoms with Crippen LogP contribution in [-0.4, -0.2) is 36.7 Å². The Morgan fingerprint density at radius 1 is 1.36 bits per heavy atom. The average molecular weight is 340 g/mol. The molecule has 3 N–H and O–H groups in total. The zero-order chi connectivity index (χ0) is 16.5. The van der Waals surface area contributed by atoms with Gasteiger partial charge in [-0.3, -0.25) is 10.4 Å².